The van der Waals surface area contributed by atoms with E-state index in [4.69, 9.17) is 16.0 Å². The molecule has 0 heterocycles. The van der Waals surface area contributed by atoms with Crippen LogP contribution in [0.15, 0.2) is 28.3 Å². The zero-order chi connectivity index (χ0) is 12.8. The molecule has 0 aliphatic carbocycles. The number of nitrogens with two attached hydrogens (primary N) is 1. The highest BCUT2D eigenvalue weighted by Gasteiger charge is 2.13. The van der Waals surface area contributed by atoms with Crippen molar-refractivity contribution in [2.24, 2.45) is 10.9 Å². The molecule has 0 saturated carbocycles. The van der Waals surface area contributed by atoms with Gasteiger partial charge >= 0.3 is 0 Å². The highest BCUT2D eigenvalue weighted by Crippen LogP contribution is 2.31. The third-order valence-corrected chi connectivity index (χ3v) is 3.87. The Balaban J connectivity index is 3.04. The summed E-state index contributed by atoms with van der Waals surface area (Å²) in [6, 6.07) is 5.70. The number of oxime groups is 1. The molecule has 0 aliphatic rings. The Labute approximate surface area is 106 Å². The summed E-state index contributed by atoms with van der Waals surface area (Å²) in [5.74, 6) is 0.118. The fourth-order valence-electron chi connectivity index (χ4n) is 1.51. The van der Waals surface area contributed by atoms with Crippen LogP contribution in [0, 0.1) is 6.92 Å². The summed E-state index contributed by atoms with van der Waals surface area (Å²) < 4.78 is 0. The summed E-state index contributed by atoms with van der Waals surface area (Å²) in [4.78, 5) is 1.00. The summed E-state index contributed by atoms with van der Waals surface area (Å²) in [6.07, 6.45) is 0.717. The zero-order valence-corrected chi connectivity index (χ0v) is 10.9. The minimum atomic E-state index is 0.118. The molecule has 0 spiro atoms. The monoisotopic (exact) mass is 254 g/mol. The largest absolute Gasteiger partial charge is 0.409 e. The van der Waals surface area contributed by atoms with Crippen molar-refractivity contribution in [3.05, 3.63) is 29.3 Å². The Hall–Kier alpha value is -1.20. The quantitative estimate of drug-likeness (QED) is 0.247. The van der Waals surface area contributed by atoms with Crippen molar-refractivity contribution in [1.82, 2.24) is 0 Å². The van der Waals surface area contributed by atoms with Crippen LogP contribution in [0.4, 0.5) is 0 Å². The van der Waals surface area contributed by atoms with Gasteiger partial charge in [0.1, 0.15) is 0 Å². The maximum atomic E-state index is 8.91. The van der Waals surface area contributed by atoms with Crippen molar-refractivity contribution in [1.29, 1.82) is 0 Å². The van der Waals surface area contributed by atoms with Crippen molar-refractivity contribution in [2.45, 2.75) is 30.4 Å². The lowest BCUT2D eigenvalue weighted by atomic mass is 10.1. The van der Waals surface area contributed by atoms with Gasteiger partial charge in [-0.1, -0.05) is 30.3 Å². The molecule has 0 aliphatic heterocycles. The molecule has 1 aromatic carbocycles. The van der Waals surface area contributed by atoms with Crippen LogP contribution in [0.5, 0.6) is 0 Å². The van der Waals surface area contributed by atoms with Gasteiger partial charge in [-0.3, -0.25) is 0 Å². The van der Waals surface area contributed by atoms with Crippen LogP contribution < -0.4 is 5.73 Å². The Morgan fingerprint density at radius 3 is 2.82 bits per heavy atom. The van der Waals surface area contributed by atoms with Crippen LogP contribution in [-0.4, -0.2) is 28.0 Å². The third-order valence-electron chi connectivity index (χ3n) is 2.45. The molecule has 94 valence electrons. The second-order valence-electron chi connectivity index (χ2n) is 3.88. The highest BCUT2D eigenvalue weighted by atomic mass is 32.2. The predicted octanol–water partition coefficient (Wildman–Crippen LogP) is 1.95. The predicted molar refractivity (Wildman–Crippen MR) is 70.7 cm³/mol. The number of aliphatic hydroxyl groups excluding tert-OH is 1. The van der Waals surface area contributed by atoms with Crippen LogP contribution in [0.1, 0.15) is 24.5 Å². The number of nitrogens with zero attached hydrogens (tertiary/aromatic N) is 1. The van der Waals surface area contributed by atoms with Gasteiger partial charge in [-0.25, -0.2) is 0 Å². The fourth-order valence-corrected chi connectivity index (χ4v) is 2.69. The van der Waals surface area contributed by atoms with Gasteiger partial charge in [0.2, 0.25) is 0 Å². The van der Waals surface area contributed by atoms with E-state index in [1.807, 2.05) is 32.0 Å². The first kappa shape index (κ1) is 13.9. The van der Waals surface area contributed by atoms with Crippen LogP contribution in [0.2, 0.25) is 0 Å². The van der Waals surface area contributed by atoms with Crippen molar-refractivity contribution in [3.8, 4) is 0 Å². The summed E-state index contributed by atoms with van der Waals surface area (Å²) in [5.41, 5.74) is 7.48. The van der Waals surface area contributed by atoms with Gasteiger partial charge in [-0.15, -0.1) is 11.8 Å². The minimum Gasteiger partial charge on any atom is -0.409 e. The molecule has 1 unspecified atom stereocenters. The van der Waals surface area contributed by atoms with E-state index < -0.39 is 0 Å². The molecule has 4 N–H and O–H groups in total. The highest BCUT2D eigenvalue weighted by molar-refractivity contribution is 8.00. The molecule has 1 rings (SSSR count). The van der Waals surface area contributed by atoms with Gasteiger partial charge < -0.3 is 16.0 Å². The average Bonchev–Trinajstić information content (AvgIpc) is 2.31. The standard InChI is InChI=1S/C12H18N2O2S/c1-8-4-3-5-10(12(13)14-16)11(8)17-9(2)6-7-15/h3-5,9,15-16H,6-7H2,1-2H3,(H2,13,14). The molecular formula is C12H18N2O2S. The first-order valence-electron chi connectivity index (χ1n) is 5.45. The van der Waals surface area contributed by atoms with E-state index in [-0.39, 0.29) is 17.7 Å². The van der Waals surface area contributed by atoms with E-state index in [2.05, 4.69) is 5.16 Å². The summed E-state index contributed by atoms with van der Waals surface area (Å²) in [7, 11) is 0. The molecule has 17 heavy (non-hydrogen) atoms. The number of aryl methyl sites for hydroxylation is 1. The van der Waals surface area contributed by atoms with E-state index in [9.17, 15) is 0 Å². The van der Waals surface area contributed by atoms with Gasteiger partial charge in [0.25, 0.3) is 0 Å². The second-order valence-corrected chi connectivity index (χ2v) is 5.33. The van der Waals surface area contributed by atoms with Crippen LogP contribution in [-0.2, 0) is 0 Å². The molecule has 0 amide bonds. The van der Waals surface area contributed by atoms with E-state index in [0.717, 1.165) is 16.0 Å². The van der Waals surface area contributed by atoms with Gasteiger partial charge in [-0.2, -0.15) is 0 Å². The van der Waals surface area contributed by atoms with Gasteiger partial charge in [0, 0.05) is 22.3 Å². The van der Waals surface area contributed by atoms with Gasteiger partial charge in [0.05, 0.1) is 0 Å². The maximum Gasteiger partial charge on any atom is 0.171 e. The molecule has 0 aromatic heterocycles. The van der Waals surface area contributed by atoms with E-state index in [1.54, 1.807) is 11.8 Å². The lowest BCUT2D eigenvalue weighted by Gasteiger charge is -2.15. The van der Waals surface area contributed by atoms with Crippen LogP contribution in [0.3, 0.4) is 0 Å². The van der Waals surface area contributed by atoms with E-state index in [0.29, 0.717) is 6.42 Å². The molecule has 1 atom stereocenters. The Morgan fingerprint density at radius 1 is 1.53 bits per heavy atom. The maximum absolute atomic E-state index is 8.91. The Bertz CT molecular complexity index is 407. The van der Waals surface area contributed by atoms with Gasteiger partial charge in [-0.05, 0) is 18.9 Å². The summed E-state index contributed by atoms with van der Waals surface area (Å²) in [5, 5.41) is 21.0. The van der Waals surface area contributed by atoms with Crippen LogP contribution in [0.25, 0.3) is 0 Å². The number of rotatable bonds is 5. The normalized spacial score (nSPS) is 13.7. The Morgan fingerprint density at radius 2 is 2.24 bits per heavy atom. The number of hydrogen-bond acceptors (Lipinski definition) is 4. The molecular weight excluding hydrogens is 236 g/mol. The van der Waals surface area contributed by atoms with E-state index >= 15 is 0 Å². The zero-order valence-electron chi connectivity index (χ0n) is 10.1. The number of benzene rings is 1. The second kappa shape index (κ2) is 6.51. The summed E-state index contributed by atoms with van der Waals surface area (Å²) >= 11 is 1.63. The van der Waals surface area contributed by atoms with Crippen molar-refractivity contribution in [2.75, 3.05) is 6.61 Å². The number of hydrogen-bond donors (Lipinski definition) is 3. The Kier molecular flexibility index (Phi) is 5.31. The molecule has 4 nitrogen and oxygen atoms in total. The van der Waals surface area contributed by atoms with E-state index in [1.165, 1.54) is 0 Å². The van der Waals surface area contributed by atoms with Crippen molar-refractivity contribution < 1.29 is 10.3 Å². The topological polar surface area (TPSA) is 78.8 Å². The SMILES string of the molecule is Cc1cccc(/C(N)=N/O)c1SC(C)CCO. The van der Waals surface area contributed by atoms with Crippen LogP contribution >= 0.6 is 11.8 Å². The molecule has 0 radical (unpaired) electrons. The molecule has 1 aromatic rings. The smallest absolute Gasteiger partial charge is 0.171 e. The fraction of sp³-hybridized carbons (Fsp3) is 0.417. The summed E-state index contributed by atoms with van der Waals surface area (Å²) in [6.45, 7) is 4.20. The lowest BCUT2D eigenvalue weighted by molar-refractivity contribution is 0.289. The minimum absolute atomic E-state index is 0.118. The average molecular weight is 254 g/mol. The van der Waals surface area contributed by atoms with Crippen molar-refractivity contribution >= 4 is 17.6 Å². The molecule has 0 saturated heterocycles. The third kappa shape index (κ3) is 3.64. The molecule has 0 bridgehead atoms. The number of thioether (sulfide) groups is 1. The number of amidine groups is 1. The molecule has 0 fully saturated rings. The number of aliphatic hydroxyl groups is 1. The first-order valence-corrected chi connectivity index (χ1v) is 6.33. The van der Waals surface area contributed by atoms with Gasteiger partial charge in [0.15, 0.2) is 5.84 Å². The molecule has 5 heteroatoms. The van der Waals surface area contributed by atoms with Crippen molar-refractivity contribution in [3.63, 3.8) is 0 Å². The first-order chi connectivity index (χ1) is 8.10. The lowest BCUT2D eigenvalue weighted by Crippen LogP contribution is -2.15.